The minimum atomic E-state index is -0.473. The van der Waals surface area contributed by atoms with Gasteiger partial charge in [0.1, 0.15) is 6.07 Å². The molecule has 6 nitrogen and oxygen atoms in total. The Labute approximate surface area is 143 Å². The molecule has 1 aromatic carbocycles. The van der Waals surface area contributed by atoms with E-state index in [0.717, 1.165) is 19.6 Å². The third-order valence-corrected chi connectivity index (χ3v) is 4.72. The Bertz CT molecular complexity index is 602. The zero-order valence-corrected chi connectivity index (χ0v) is 14.5. The van der Waals surface area contributed by atoms with Gasteiger partial charge in [-0.3, -0.25) is 15.0 Å². The number of likely N-dealkylation sites (tertiary alicyclic amines) is 1. The first-order chi connectivity index (χ1) is 11.5. The summed E-state index contributed by atoms with van der Waals surface area (Å²) in [5, 5.41) is 23.4. The molecule has 1 atom stereocenters. The molecule has 1 aliphatic heterocycles. The molecule has 0 radical (unpaired) electrons. The highest BCUT2D eigenvalue weighted by Crippen LogP contribution is 2.23. The van der Waals surface area contributed by atoms with Gasteiger partial charge < -0.3 is 5.32 Å². The number of nitriles is 1. The minimum absolute atomic E-state index is 0.0509. The number of benzene rings is 1. The predicted octanol–water partition coefficient (Wildman–Crippen LogP) is 3.78. The van der Waals surface area contributed by atoms with Crippen LogP contribution in [0.2, 0.25) is 0 Å². The Morgan fingerprint density at radius 1 is 1.29 bits per heavy atom. The molecule has 0 aliphatic carbocycles. The van der Waals surface area contributed by atoms with Crippen molar-refractivity contribution in [2.45, 2.75) is 45.6 Å². The number of nitro groups is 1. The third-order valence-electron chi connectivity index (χ3n) is 4.72. The van der Waals surface area contributed by atoms with Crippen LogP contribution in [-0.2, 0) is 0 Å². The Morgan fingerprint density at radius 3 is 2.50 bits per heavy atom. The van der Waals surface area contributed by atoms with Crippen LogP contribution in [0.4, 0.5) is 11.4 Å². The molecular formula is C18H26N4O2. The van der Waals surface area contributed by atoms with E-state index in [1.54, 1.807) is 6.07 Å². The van der Waals surface area contributed by atoms with Crippen molar-refractivity contribution in [3.05, 3.63) is 33.9 Å². The fourth-order valence-corrected chi connectivity index (χ4v) is 3.32. The second kappa shape index (κ2) is 8.65. The molecule has 1 saturated heterocycles. The van der Waals surface area contributed by atoms with Crippen LogP contribution < -0.4 is 5.32 Å². The maximum Gasteiger partial charge on any atom is 0.270 e. The van der Waals surface area contributed by atoms with Crippen molar-refractivity contribution in [2.75, 3.05) is 25.0 Å². The van der Waals surface area contributed by atoms with Crippen molar-refractivity contribution in [3.63, 3.8) is 0 Å². The number of hydrogen-bond acceptors (Lipinski definition) is 5. The Hall–Kier alpha value is -2.13. The highest BCUT2D eigenvalue weighted by atomic mass is 16.6. The highest BCUT2D eigenvalue weighted by molar-refractivity contribution is 5.61. The van der Waals surface area contributed by atoms with Gasteiger partial charge in [-0.2, -0.15) is 5.26 Å². The average molecular weight is 330 g/mol. The van der Waals surface area contributed by atoms with Gasteiger partial charge in [-0.25, -0.2) is 0 Å². The fraction of sp³-hybridized carbons (Fsp3) is 0.611. The van der Waals surface area contributed by atoms with Gasteiger partial charge in [0.2, 0.25) is 0 Å². The molecule has 6 heteroatoms. The number of anilines is 1. The van der Waals surface area contributed by atoms with Gasteiger partial charge in [0, 0.05) is 24.7 Å². The van der Waals surface area contributed by atoms with Crippen LogP contribution in [0.5, 0.6) is 0 Å². The van der Waals surface area contributed by atoms with Crippen LogP contribution in [0.3, 0.4) is 0 Å². The molecule has 0 bridgehead atoms. The summed E-state index contributed by atoms with van der Waals surface area (Å²) in [4.78, 5) is 12.9. The van der Waals surface area contributed by atoms with E-state index in [-0.39, 0.29) is 5.69 Å². The van der Waals surface area contributed by atoms with Crippen LogP contribution in [0.25, 0.3) is 0 Å². The van der Waals surface area contributed by atoms with E-state index in [0.29, 0.717) is 23.2 Å². The summed E-state index contributed by atoms with van der Waals surface area (Å²) in [6.45, 7) is 7.42. The van der Waals surface area contributed by atoms with Crippen LogP contribution >= 0.6 is 0 Å². The van der Waals surface area contributed by atoms with Crippen molar-refractivity contribution in [2.24, 2.45) is 5.92 Å². The zero-order valence-electron chi connectivity index (χ0n) is 14.5. The summed E-state index contributed by atoms with van der Waals surface area (Å²) in [6, 6.07) is 6.86. The SMILES string of the molecule is CC(C)[C@H](CNc1ccc([N+](=O)[O-])cc1C#N)N1CCCCCC1. The third kappa shape index (κ3) is 4.68. The summed E-state index contributed by atoms with van der Waals surface area (Å²) in [5.74, 6) is 0.499. The van der Waals surface area contributed by atoms with E-state index in [1.807, 2.05) is 0 Å². The number of nitro benzene ring substituents is 1. The van der Waals surface area contributed by atoms with E-state index in [1.165, 1.54) is 37.8 Å². The highest BCUT2D eigenvalue weighted by Gasteiger charge is 2.23. The molecule has 0 aromatic heterocycles. The Balaban J connectivity index is 2.09. The number of nitrogens with zero attached hydrogens (tertiary/aromatic N) is 3. The second-order valence-electron chi connectivity index (χ2n) is 6.74. The standard InChI is InChI=1S/C18H26N4O2/c1-14(2)18(21-9-5-3-4-6-10-21)13-20-17-8-7-16(22(23)24)11-15(17)12-19/h7-8,11,14,18,20H,3-6,9-10,13H2,1-2H3/t18-/m0/s1. The van der Waals surface area contributed by atoms with Crippen molar-refractivity contribution in [3.8, 4) is 6.07 Å². The summed E-state index contributed by atoms with van der Waals surface area (Å²) in [7, 11) is 0. The molecule has 1 aliphatic rings. The van der Waals surface area contributed by atoms with Gasteiger partial charge in [-0.1, -0.05) is 26.7 Å². The van der Waals surface area contributed by atoms with Crippen molar-refractivity contribution in [1.29, 1.82) is 5.26 Å². The summed E-state index contributed by atoms with van der Waals surface area (Å²) in [6.07, 6.45) is 5.08. The molecule has 1 heterocycles. The van der Waals surface area contributed by atoms with E-state index in [9.17, 15) is 15.4 Å². The first-order valence-corrected chi connectivity index (χ1v) is 8.69. The topological polar surface area (TPSA) is 82.2 Å². The number of hydrogen-bond donors (Lipinski definition) is 1. The van der Waals surface area contributed by atoms with E-state index in [2.05, 4.69) is 30.1 Å². The van der Waals surface area contributed by atoms with Gasteiger partial charge in [0.15, 0.2) is 0 Å². The molecule has 0 saturated carbocycles. The molecular weight excluding hydrogens is 304 g/mol. The largest absolute Gasteiger partial charge is 0.382 e. The van der Waals surface area contributed by atoms with E-state index in [4.69, 9.17) is 0 Å². The molecule has 2 rings (SSSR count). The van der Waals surface area contributed by atoms with Crippen molar-refractivity contribution < 1.29 is 4.92 Å². The molecule has 1 aromatic rings. The summed E-state index contributed by atoms with van der Waals surface area (Å²) in [5.41, 5.74) is 0.941. The van der Waals surface area contributed by atoms with Gasteiger partial charge in [0.25, 0.3) is 5.69 Å². The van der Waals surface area contributed by atoms with E-state index < -0.39 is 4.92 Å². The molecule has 1 N–H and O–H groups in total. The second-order valence-corrected chi connectivity index (χ2v) is 6.74. The molecule has 1 fully saturated rings. The normalized spacial score (nSPS) is 17.1. The van der Waals surface area contributed by atoms with Crippen LogP contribution in [0.1, 0.15) is 45.1 Å². The monoisotopic (exact) mass is 330 g/mol. The van der Waals surface area contributed by atoms with Gasteiger partial charge in [0.05, 0.1) is 16.2 Å². The average Bonchev–Trinajstić information content (AvgIpc) is 2.84. The minimum Gasteiger partial charge on any atom is -0.382 e. The molecule has 0 amide bonds. The number of nitrogens with one attached hydrogen (secondary N) is 1. The zero-order chi connectivity index (χ0) is 17.5. The van der Waals surface area contributed by atoms with Gasteiger partial charge in [-0.15, -0.1) is 0 Å². The molecule has 24 heavy (non-hydrogen) atoms. The lowest BCUT2D eigenvalue weighted by atomic mass is 10.0. The number of rotatable bonds is 6. The fourth-order valence-electron chi connectivity index (χ4n) is 3.32. The maximum atomic E-state index is 10.8. The lowest BCUT2D eigenvalue weighted by molar-refractivity contribution is -0.384. The van der Waals surface area contributed by atoms with Crippen LogP contribution in [0, 0.1) is 27.4 Å². The van der Waals surface area contributed by atoms with Crippen molar-refractivity contribution >= 4 is 11.4 Å². The maximum absolute atomic E-state index is 10.8. The van der Waals surface area contributed by atoms with Gasteiger partial charge in [-0.05, 0) is 37.9 Å². The van der Waals surface area contributed by atoms with Crippen molar-refractivity contribution in [1.82, 2.24) is 4.90 Å². The van der Waals surface area contributed by atoms with Gasteiger partial charge >= 0.3 is 0 Å². The smallest absolute Gasteiger partial charge is 0.270 e. The van der Waals surface area contributed by atoms with E-state index >= 15 is 0 Å². The summed E-state index contributed by atoms with van der Waals surface area (Å²) < 4.78 is 0. The lowest BCUT2D eigenvalue weighted by Crippen LogP contribution is -2.44. The first kappa shape index (κ1) is 18.2. The molecule has 0 spiro atoms. The lowest BCUT2D eigenvalue weighted by Gasteiger charge is -2.34. The van der Waals surface area contributed by atoms with Crippen LogP contribution in [0.15, 0.2) is 18.2 Å². The molecule has 130 valence electrons. The summed E-state index contributed by atoms with van der Waals surface area (Å²) >= 11 is 0. The quantitative estimate of drug-likeness (QED) is 0.634. The Kier molecular flexibility index (Phi) is 6.56. The number of non-ortho nitro benzene ring substituents is 1. The van der Waals surface area contributed by atoms with Crippen LogP contribution in [-0.4, -0.2) is 35.5 Å². The Morgan fingerprint density at radius 2 is 1.96 bits per heavy atom. The first-order valence-electron chi connectivity index (χ1n) is 8.69. The molecule has 0 unspecified atom stereocenters. The predicted molar refractivity (Wildman–Crippen MR) is 95.0 cm³/mol.